The summed E-state index contributed by atoms with van der Waals surface area (Å²) in [4.78, 5) is 10.1. The van der Waals surface area contributed by atoms with Crippen molar-refractivity contribution in [3.8, 4) is 11.5 Å². The minimum Gasteiger partial charge on any atom is -0.487 e. The second-order valence-electron chi connectivity index (χ2n) is 7.93. The minimum atomic E-state index is -1.37. The summed E-state index contributed by atoms with van der Waals surface area (Å²) in [5.74, 6) is 1.71. The van der Waals surface area contributed by atoms with Gasteiger partial charge in [-0.2, -0.15) is 0 Å². The zero-order valence-electron chi connectivity index (χ0n) is 20.8. The van der Waals surface area contributed by atoms with E-state index in [0.717, 1.165) is 16.6 Å². The molecule has 4 rings (SSSR count). The normalized spacial score (nSPS) is 11.7. The molecule has 37 heavy (non-hydrogen) atoms. The molecule has 192 valence electrons. The molecule has 0 aliphatic rings. The van der Waals surface area contributed by atoms with E-state index in [0.29, 0.717) is 59.1 Å². The number of anilines is 2. The van der Waals surface area contributed by atoms with Gasteiger partial charge in [0, 0.05) is 41.2 Å². The molecule has 9 heteroatoms. The van der Waals surface area contributed by atoms with Gasteiger partial charge in [-0.15, -0.1) is 0 Å². The third kappa shape index (κ3) is 6.71. The van der Waals surface area contributed by atoms with E-state index in [2.05, 4.69) is 21.9 Å². The molecule has 8 nitrogen and oxygen atoms in total. The lowest BCUT2D eigenvalue weighted by molar-refractivity contribution is 0.132. The van der Waals surface area contributed by atoms with E-state index in [1.54, 1.807) is 14.2 Å². The number of nitrogens with one attached hydrogen (secondary N) is 1. The monoisotopic (exact) mass is 519 g/mol. The number of aromatic nitrogens is 2. The maximum Gasteiger partial charge on any atom is 0.163 e. The third-order valence-electron chi connectivity index (χ3n) is 5.42. The number of benzene rings is 3. The molecule has 4 aromatic rings. The summed E-state index contributed by atoms with van der Waals surface area (Å²) in [6.07, 6.45) is 1.49. The average molecular weight is 520 g/mol. The van der Waals surface area contributed by atoms with Crippen LogP contribution in [0.4, 0.5) is 11.5 Å². The first-order valence-electron chi connectivity index (χ1n) is 11.7. The molecule has 1 N–H and O–H groups in total. The van der Waals surface area contributed by atoms with Gasteiger partial charge in [-0.05, 0) is 35.9 Å². The van der Waals surface area contributed by atoms with Crippen LogP contribution in [0.1, 0.15) is 5.56 Å². The highest BCUT2D eigenvalue weighted by Crippen LogP contribution is 2.35. The first kappa shape index (κ1) is 26.3. The molecule has 1 heterocycles. The molecule has 0 saturated heterocycles. The molecule has 1 atom stereocenters. The number of nitrogens with zero attached hydrogens (tertiary/aromatic N) is 2. The summed E-state index contributed by atoms with van der Waals surface area (Å²) in [6.45, 7) is 5.71. The zero-order chi connectivity index (χ0) is 26.0. The van der Waals surface area contributed by atoms with Crippen LogP contribution in [0.15, 0.2) is 84.5 Å². The topological polar surface area (TPSA) is 91.8 Å². The highest BCUT2D eigenvalue weighted by molar-refractivity contribution is 7.94. The van der Waals surface area contributed by atoms with Crippen molar-refractivity contribution in [3.63, 3.8) is 0 Å². The van der Waals surface area contributed by atoms with Crippen LogP contribution >= 0.6 is 0 Å². The van der Waals surface area contributed by atoms with E-state index < -0.39 is 10.8 Å². The Bertz CT molecular complexity index is 1380. The van der Waals surface area contributed by atoms with E-state index in [1.807, 2.05) is 66.7 Å². The van der Waals surface area contributed by atoms with Gasteiger partial charge in [0.1, 0.15) is 25.4 Å². The molecule has 3 aromatic carbocycles. The molecule has 1 aromatic heterocycles. The second-order valence-corrected chi connectivity index (χ2v) is 9.43. The fourth-order valence-electron chi connectivity index (χ4n) is 3.56. The Kier molecular flexibility index (Phi) is 9.20. The van der Waals surface area contributed by atoms with Crippen LogP contribution < -0.4 is 14.8 Å². The van der Waals surface area contributed by atoms with Crippen molar-refractivity contribution < 1.29 is 23.2 Å². The van der Waals surface area contributed by atoms with Crippen LogP contribution in [0.5, 0.6) is 11.5 Å². The molecule has 0 bridgehead atoms. The second kappa shape index (κ2) is 13.0. The molecular formula is C28H29N3O5S. The smallest absolute Gasteiger partial charge is 0.163 e. The van der Waals surface area contributed by atoms with Crippen LogP contribution in [-0.2, 0) is 20.3 Å². The lowest BCUT2D eigenvalue weighted by Gasteiger charge is -2.15. The summed E-state index contributed by atoms with van der Waals surface area (Å²) in [5, 5.41) is 4.11. The molecule has 0 fully saturated rings. The van der Waals surface area contributed by atoms with E-state index in [9.17, 15) is 4.21 Å². The van der Waals surface area contributed by atoms with Crippen LogP contribution in [0, 0.1) is 0 Å². The highest BCUT2D eigenvalue weighted by Gasteiger charge is 2.14. The maximum atomic E-state index is 13.0. The van der Waals surface area contributed by atoms with E-state index in [-0.39, 0.29) is 0 Å². The van der Waals surface area contributed by atoms with Gasteiger partial charge in [0.15, 0.2) is 11.5 Å². The van der Waals surface area contributed by atoms with E-state index in [4.69, 9.17) is 18.9 Å². The van der Waals surface area contributed by atoms with Crippen molar-refractivity contribution >= 4 is 38.1 Å². The van der Waals surface area contributed by atoms with E-state index in [1.165, 1.54) is 6.33 Å². The molecular weight excluding hydrogens is 490 g/mol. The fourth-order valence-corrected chi connectivity index (χ4v) is 4.59. The fraction of sp³-hybridized carbons (Fsp3) is 0.214. The maximum absolute atomic E-state index is 13.0. The van der Waals surface area contributed by atoms with Crippen molar-refractivity contribution in [1.29, 1.82) is 0 Å². The number of hydrogen-bond acceptors (Lipinski definition) is 8. The van der Waals surface area contributed by atoms with Crippen LogP contribution in [0.3, 0.4) is 0 Å². The summed E-state index contributed by atoms with van der Waals surface area (Å²) in [5.41, 5.74) is 2.23. The van der Waals surface area contributed by atoms with Crippen LogP contribution in [-0.4, -0.2) is 54.8 Å². The first-order chi connectivity index (χ1) is 18.1. The van der Waals surface area contributed by atoms with Gasteiger partial charge in [0.05, 0.1) is 29.5 Å². The Morgan fingerprint density at radius 2 is 1.57 bits per heavy atom. The standard InChI is InChI=1S/C28H29N3O5S/c1-20(37(32)23-10-5-4-6-11-23)21-8-7-9-22(16-21)31-28-24-17-26(35-14-12-33-2)27(36-15-13-34-3)18-25(24)29-19-30-28/h4-11,16-19H,1,12-15H2,2-3H3,(H,29,30,31)/t37-/m1/s1. The summed E-state index contributed by atoms with van der Waals surface area (Å²) in [6, 6.07) is 20.5. The van der Waals surface area contributed by atoms with Crippen molar-refractivity contribution in [3.05, 3.63) is 85.2 Å². The van der Waals surface area contributed by atoms with Crippen LogP contribution in [0.2, 0.25) is 0 Å². The first-order valence-corrected chi connectivity index (χ1v) is 12.8. The Balaban J connectivity index is 1.62. The Morgan fingerprint density at radius 1 is 0.865 bits per heavy atom. The molecule has 0 aliphatic heterocycles. The Labute approximate surface area is 218 Å². The van der Waals surface area contributed by atoms with Crippen molar-refractivity contribution in [1.82, 2.24) is 9.97 Å². The molecule has 0 aliphatic carbocycles. The number of fused-ring (bicyclic) bond motifs is 1. The predicted molar refractivity (Wildman–Crippen MR) is 146 cm³/mol. The van der Waals surface area contributed by atoms with Gasteiger partial charge >= 0.3 is 0 Å². The Morgan fingerprint density at radius 3 is 2.27 bits per heavy atom. The summed E-state index contributed by atoms with van der Waals surface area (Å²) >= 11 is 0. The van der Waals surface area contributed by atoms with Gasteiger partial charge in [-0.25, -0.2) is 14.2 Å². The van der Waals surface area contributed by atoms with Gasteiger partial charge < -0.3 is 24.3 Å². The van der Waals surface area contributed by atoms with Crippen LogP contribution in [0.25, 0.3) is 15.8 Å². The van der Waals surface area contributed by atoms with Gasteiger partial charge in [0.2, 0.25) is 0 Å². The minimum absolute atomic E-state index is 0.363. The number of methoxy groups -OCH3 is 2. The predicted octanol–water partition coefficient (Wildman–Crippen LogP) is 5.20. The molecule has 0 radical (unpaired) electrons. The van der Waals surface area contributed by atoms with Gasteiger partial charge in [-0.1, -0.05) is 36.9 Å². The van der Waals surface area contributed by atoms with Crippen molar-refractivity contribution in [2.24, 2.45) is 0 Å². The molecule has 0 spiro atoms. The number of rotatable bonds is 13. The number of hydrogen-bond donors (Lipinski definition) is 1. The molecule has 0 unspecified atom stereocenters. The quantitative estimate of drug-likeness (QED) is 0.241. The van der Waals surface area contributed by atoms with Crippen molar-refractivity contribution in [2.75, 3.05) is 46.0 Å². The molecule has 0 amide bonds. The summed E-state index contributed by atoms with van der Waals surface area (Å²) < 4.78 is 35.0. The third-order valence-corrected chi connectivity index (χ3v) is 6.80. The lowest BCUT2D eigenvalue weighted by Crippen LogP contribution is -2.09. The highest BCUT2D eigenvalue weighted by atomic mass is 32.2. The molecule has 0 saturated carbocycles. The average Bonchev–Trinajstić information content (AvgIpc) is 2.93. The summed E-state index contributed by atoms with van der Waals surface area (Å²) in [7, 11) is 1.87. The van der Waals surface area contributed by atoms with Gasteiger partial charge in [0.25, 0.3) is 0 Å². The van der Waals surface area contributed by atoms with Crippen molar-refractivity contribution in [2.45, 2.75) is 4.90 Å². The zero-order valence-corrected chi connectivity index (χ0v) is 21.6. The largest absolute Gasteiger partial charge is 0.487 e. The van der Waals surface area contributed by atoms with E-state index >= 15 is 0 Å². The lowest BCUT2D eigenvalue weighted by atomic mass is 10.1. The SMILES string of the molecule is C=C(c1cccc(Nc2ncnc3cc(OCCOC)c(OCCOC)cc23)c1)[S@@](=O)c1ccccc1. The number of ether oxygens (including phenoxy) is 4. The van der Waals surface area contributed by atoms with Gasteiger partial charge in [-0.3, -0.25) is 0 Å². The Hall–Kier alpha value is -3.79.